The van der Waals surface area contributed by atoms with Crippen LogP contribution in [0.1, 0.15) is 43.9 Å². The van der Waals surface area contributed by atoms with Crippen LogP contribution in [0.25, 0.3) is 11.1 Å². The number of aliphatic carboxylic acids is 2. The number of hydrogen-bond donors (Lipinski definition) is 3. The predicted octanol–water partition coefficient (Wildman–Crippen LogP) is 5.86. The highest BCUT2D eigenvalue weighted by molar-refractivity contribution is 5.97. The van der Waals surface area contributed by atoms with E-state index in [-0.39, 0.29) is 29.9 Å². The summed E-state index contributed by atoms with van der Waals surface area (Å²) in [6.07, 6.45) is -2.23. The van der Waals surface area contributed by atoms with E-state index in [1.165, 1.54) is 11.1 Å². The van der Waals surface area contributed by atoms with Crippen LogP contribution in [0.4, 0.5) is 32.0 Å². The van der Waals surface area contributed by atoms with Gasteiger partial charge in [-0.2, -0.15) is 26.3 Å². The molecule has 1 aromatic heterocycles. The number of hydrogen-bond acceptors (Lipinski definition) is 7. The first kappa shape index (κ1) is 39.6. The van der Waals surface area contributed by atoms with Crippen LogP contribution >= 0.6 is 0 Å². The molecular weight excluding hydrogens is 650 g/mol. The lowest BCUT2D eigenvalue weighted by atomic mass is 10.0. The Kier molecular flexibility index (Phi) is 14.5. The molecule has 2 aromatic carbocycles. The number of methoxy groups -OCH3 is 1. The number of anilines is 1. The molecule has 0 unspecified atom stereocenters. The fourth-order valence-electron chi connectivity index (χ4n) is 4.34. The van der Waals surface area contributed by atoms with Gasteiger partial charge in [0.1, 0.15) is 0 Å². The van der Waals surface area contributed by atoms with Gasteiger partial charge in [-0.25, -0.2) is 9.59 Å². The Bertz CT molecular complexity index is 1450. The Morgan fingerprint density at radius 3 is 1.85 bits per heavy atom. The van der Waals surface area contributed by atoms with E-state index < -0.39 is 24.3 Å². The molecule has 3 aromatic rings. The van der Waals surface area contributed by atoms with Gasteiger partial charge in [-0.1, -0.05) is 49.7 Å². The van der Waals surface area contributed by atoms with Gasteiger partial charge < -0.3 is 25.6 Å². The molecule has 1 aliphatic rings. The number of aryl methyl sites for hydroxylation is 1. The predicted molar refractivity (Wildman–Crippen MR) is 163 cm³/mol. The zero-order valence-electron chi connectivity index (χ0n) is 26.2. The fraction of sp³-hybridized carbons (Fsp3) is 0.406. The number of carboxylic acid groups (broad SMARTS) is 2. The maximum Gasteiger partial charge on any atom is 0.490 e. The Hall–Kier alpha value is -4.57. The SMILES string of the molecule is CCCc1ccc(-c2ccc(N(C[C@@H](N)[C@@H](C)OC)C(=O)[C@@H]3C[C@H]3c3cnccn3)cc2)cc1.O=C(O)C(F)(F)F.O=C(O)C(F)(F)F. The number of benzene rings is 2. The van der Waals surface area contributed by atoms with Crippen molar-refractivity contribution in [3.05, 3.63) is 78.4 Å². The van der Waals surface area contributed by atoms with E-state index in [2.05, 4.69) is 53.3 Å². The van der Waals surface area contributed by atoms with E-state index in [4.69, 9.17) is 30.3 Å². The summed E-state index contributed by atoms with van der Waals surface area (Å²) >= 11 is 0. The van der Waals surface area contributed by atoms with Crippen LogP contribution in [-0.2, 0) is 25.5 Å². The summed E-state index contributed by atoms with van der Waals surface area (Å²) in [6.45, 7) is 4.51. The maximum atomic E-state index is 13.6. The highest BCUT2D eigenvalue weighted by atomic mass is 19.4. The number of amides is 1. The number of rotatable bonds is 10. The summed E-state index contributed by atoms with van der Waals surface area (Å²) in [7, 11) is 1.64. The van der Waals surface area contributed by atoms with E-state index in [9.17, 15) is 31.1 Å². The molecule has 262 valence electrons. The van der Waals surface area contributed by atoms with Gasteiger partial charge in [0.05, 0.1) is 11.8 Å². The van der Waals surface area contributed by atoms with Crippen LogP contribution in [0.15, 0.2) is 67.1 Å². The highest BCUT2D eigenvalue weighted by Crippen LogP contribution is 2.48. The molecule has 1 heterocycles. The second-order valence-electron chi connectivity index (χ2n) is 10.7. The number of alkyl halides is 6. The largest absolute Gasteiger partial charge is 0.490 e. The number of nitrogens with zero attached hydrogens (tertiary/aromatic N) is 3. The van der Waals surface area contributed by atoms with Gasteiger partial charge in [0.15, 0.2) is 0 Å². The standard InChI is InChI=1S/C28H34N4O2.2C2HF3O2/c1-4-5-20-6-8-21(9-7-20)22-10-12-23(13-11-22)32(18-26(29)19(2)34-3)28(33)25-16-24(25)27-17-30-14-15-31-27;2*3-2(4,5)1(6)7/h6-15,17,19,24-26H,4-5,16,18,29H2,1-3H3;2*(H,6,7)/t19-,24-,25-,26-;;/m1../s1. The fourth-order valence-corrected chi connectivity index (χ4v) is 4.34. The average molecular weight is 687 g/mol. The summed E-state index contributed by atoms with van der Waals surface area (Å²) in [5, 5.41) is 14.2. The minimum atomic E-state index is -5.08. The summed E-state index contributed by atoms with van der Waals surface area (Å²) < 4.78 is 68.9. The van der Waals surface area contributed by atoms with Crippen LogP contribution < -0.4 is 10.6 Å². The van der Waals surface area contributed by atoms with Gasteiger partial charge in [-0.05, 0) is 48.6 Å². The molecule has 1 aliphatic carbocycles. The Morgan fingerprint density at radius 1 is 0.938 bits per heavy atom. The normalized spacial score (nSPS) is 16.6. The molecule has 4 rings (SSSR count). The smallest absolute Gasteiger partial charge is 0.475 e. The Balaban J connectivity index is 0.000000479. The van der Waals surface area contributed by atoms with E-state index in [1.54, 1.807) is 25.7 Å². The second-order valence-corrected chi connectivity index (χ2v) is 10.7. The number of carbonyl (C=O) groups is 3. The van der Waals surface area contributed by atoms with E-state index in [0.29, 0.717) is 6.54 Å². The topological polar surface area (TPSA) is 156 Å². The van der Waals surface area contributed by atoms with Gasteiger partial charge in [-0.3, -0.25) is 14.8 Å². The molecule has 48 heavy (non-hydrogen) atoms. The average Bonchev–Trinajstić information content (AvgIpc) is 3.85. The summed E-state index contributed by atoms with van der Waals surface area (Å²) in [6, 6.07) is 16.6. The minimum absolute atomic E-state index is 0.0751. The van der Waals surface area contributed by atoms with Gasteiger partial charge >= 0.3 is 24.3 Å². The van der Waals surface area contributed by atoms with E-state index in [1.807, 2.05) is 24.0 Å². The van der Waals surface area contributed by atoms with Gasteiger partial charge in [-0.15, -0.1) is 0 Å². The molecule has 1 amide bonds. The minimum Gasteiger partial charge on any atom is -0.475 e. The van der Waals surface area contributed by atoms with Crippen LogP contribution in [0.2, 0.25) is 0 Å². The Morgan fingerprint density at radius 2 is 1.44 bits per heavy atom. The first-order valence-electron chi connectivity index (χ1n) is 14.6. The molecule has 16 heteroatoms. The third-order valence-electron chi connectivity index (χ3n) is 7.19. The van der Waals surface area contributed by atoms with Crippen molar-refractivity contribution in [3.8, 4) is 11.1 Å². The van der Waals surface area contributed by atoms with Gasteiger partial charge in [0.2, 0.25) is 5.91 Å². The Labute approximate surface area is 272 Å². The molecule has 0 bridgehead atoms. The maximum absolute atomic E-state index is 13.6. The molecule has 4 N–H and O–H groups in total. The van der Waals surface area contributed by atoms with Crippen LogP contribution in [0.3, 0.4) is 0 Å². The van der Waals surface area contributed by atoms with Crippen LogP contribution in [0, 0.1) is 5.92 Å². The van der Waals surface area contributed by atoms with Crippen molar-refractivity contribution < 1.29 is 55.7 Å². The lowest BCUT2D eigenvalue weighted by molar-refractivity contribution is -0.193. The number of carbonyl (C=O) groups excluding carboxylic acids is 1. The van der Waals surface area contributed by atoms with E-state index >= 15 is 0 Å². The number of carboxylic acids is 2. The van der Waals surface area contributed by atoms with Crippen molar-refractivity contribution >= 4 is 23.5 Å². The first-order chi connectivity index (χ1) is 22.4. The van der Waals surface area contributed by atoms with Crippen molar-refractivity contribution in [1.82, 2.24) is 9.97 Å². The van der Waals surface area contributed by atoms with E-state index in [0.717, 1.165) is 36.2 Å². The third kappa shape index (κ3) is 12.2. The second kappa shape index (κ2) is 17.5. The molecular formula is C32H36F6N4O6. The zero-order valence-corrected chi connectivity index (χ0v) is 26.2. The molecule has 0 saturated heterocycles. The summed E-state index contributed by atoms with van der Waals surface area (Å²) in [5.41, 5.74) is 11.7. The molecule has 0 radical (unpaired) electrons. The molecule has 1 fully saturated rings. The van der Waals surface area contributed by atoms with Crippen LogP contribution in [0.5, 0.6) is 0 Å². The van der Waals surface area contributed by atoms with Crippen molar-refractivity contribution in [2.24, 2.45) is 11.7 Å². The number of nitrogens with two attached hydrogens (primary N) is 1. The lowest BCUT2D eigenvalue weighted by Gasteiger charge is -2.29. The molecule has 0 aliphatic heterocycles. The number of ether oxygens (including phenoxy) is 1. The van der Waals surface area contributed by atoms with Gasteiger partial charge in [0.25, 0.3) is 0 Å². The first-order valence-corrected chi connectivity index (χ1v) is 14.6. The van der Waals surface area contributed by atoms with Gasteiger partial charge in [0, 0.05) is 55.8 Å². The van der Waals surface area contributed by atoms with Crippen molar-refractivity contribution in [1.29, 1.82) is 0 Å². The number of halogens is 6. The van der Waals surface area contributed by atoms with Crippen molar-refractivity contribution in [2.75, 3.05) is 18.6 Å². The number of aromatic nitrogens is 2. The quantitative estimate of drug-likeness (QED) is 0.222. The van der Waals surface area contributed by atoms with Crippen LogP contribution in [-0.4, -0.2) is 76.2 Å². The zero-order chi connectivity index (χ0) is 36.2. The molecule has 1 saturated carbocycles. The highest BCUT2D eigenvalue weighted by Gasteiger charge is 2.47. The molecule has 0 spiro atoms. The van der Waals surface area contributed by atoms with Crippen molar-refractivity contribution in [2.45, 2.75) is 63.5 Å². The van der Waals surface area contributed by atoms with Crippen molar-refractivity contribution in [3.63, 3.8) is 0 Å². The molecule has 10 nitrogen and oxygen atoms in total. The monoisotopic (exact) mass is 686 g/mol. The summed E-state index contributed by atoms with van der Waals surface area (Å²) in [5.74, 6) is -5.43. The molecule has 4 atom stereocenters. The summed E-state index contributed by atoms with van der Waals surface area (Å²) in [4.78, 5) is 41.7. The lowest BCUT2D eigenvalue weighted by Crippen LogP contribution is -2.47. The third-order valence-corrected chi connectivity index (χ3v) is 7.19.